The summed E-state index contributed by atoms with van der Waals surface area (Å²) in [5.41, 5.74) is 12.3. The molecule has 0 spiro atoms. The fourth-order valence-corrected chi connectivity index (χ4v) is 3.64. The first-order chi connectivity index (χ1) is 10.5. The summed E-state index contributed by atoms with van der Waals surface area (Å²) in [7, 11) is 0. The van der Waals surface area contributed by atoms with E-state index in [0.717, 1.165) is 10.4 Å². The molecule has 22 heavy (non-hydrogen) atoms. The molecule has 6 nitrogen and oxygen atoms in total. The normalized spacial score (nSPS) is 12.4. The second kappa shape index (κ2) is 5.48. The summed E-state index contributed by atoms with van der Waals surface area (Å²) in [5, 5.41) is 0.660. The molecule has 0 radical (unpaired) electrons. The third-order valence-corrected chi connectivity index (χ3v) is 5.06. The zero-order valence-electron chi connectivity index (χ0n) is 11.1. The second-order valence-electron chi connectivity index (χ2n) is 4.53. The highest BCUT2D eigenvalue weighted by molar-refractivity contribution is 7.79. The number of pyridine rings is 1. The quantitative estimate of drug-likeness (QED) is 0.709. The van der Waals surface area contributed by atoms with E-state index < -0.39 is 17.0 Å². The van der Waals surface area contributed by atoms with Gasteiger partial charge in [-0.3, -0.25) is 9.00 Å². The maximum atomic E-state index is 11.5. The number of nitrogens with zero attached hydrogens (tertiary/aromatic N) is 1. The monoisotopic (exact) mass is 332 g/mol. The molecule has 3 rings (SSSR count). The molecule has 8 heteroatoms. The number of fused-ring (bicyclic) bond motifs is 1. The van der Waals surface area contributed by atoms with Crippen LogP contribution in [0.15, 0.2) is 41.4 Å². The highest BCUT2D eigenvalue weighted by Crippen LogP contribution is 2.37. The number of aromatic nitrogens is 1. The number of thiophene rings is 1. The van der Waals surface area contributed by atoms with Gasteiger partial charge < -0.3 is 16.0 Å². The second-order valence-corrected chi connectivity index (χ2v) is 6.53. The molecule has 0 aliphatic rings. The van der Waals surface area contributed by atoms with Crippen molar-refractivity contribution in [1.82, 2.24) is 4.98 Å². The molecule has 112 valence electrons. The maximum absolute atomic E-state index is 11.5. The number of carbonyl (C=O) groups excluding carboxylic acids is 1. The van der Waals surface area contributed by atoms with Gasteiger partial charge in [0.15, 0.2) is 0 Å². The lowest BCUT2D eigenvalue weighted by Gasteiger charge is -2.05. The van der Waals surface area contributed by atoms with Crippen molar-refractivity contribution in [1.29, 1.82) is 0 Å². The van der Waals surface area contributed by atoms with Crippen molar-refractivity contribution in [2.45, 2.75) is 4.90 Å². The van der Waals surface area contributed by atoms with Crippen LogP contribution in [0.2, 0.25) is 0 Å². The number of hydrogen-bond donors (Lipinski definition) is 2. The number of anilines is 1. The Labute approximate surface area is 132 Å². The average molecular weight is 332 g/mol. The number of carbonyl (C=O) groups is 1. The van der Waals surface area contributed by atoms with E-state index in [9.17, 15) is 13.6 Å². The van der Waals surface area contributed by atoms with Gasteiger partial charge in [0.2, 0.25) is 0 Å². The Morgan fingerprint density at radius 3 is 2.55 bits per heavy atom. The van der Waals surface area contributed by atoms with Gasteiger partial charge in [-0.1, -0.05) is 12.1 Å². The molecule has 0 saturated carbocycles. The standard InChI is InChI=1S/C14H11N3O3S2/c15-13-9-5-11(7-1-3-8(4-2-7)22(19)20)21-12(9)10(6-17-13)14(16)18/h1-6H,(H2,15,17)(H2,16,18)(H,19,20)/p-1. The molecule has 2 aromatic heterocycles. The van der Waals surface area contributed by atoms with Crippen LogP contribution in [0.3, 0.4) is 0 Å². The van der Waals surface area contributed by atoms with E-state index in [4.69, 9.17) is 11.5 Å². The van der Waals surface area contributed by atoms with E-state index >= 15 is 0 Å². The lowest BCUT2D eigenvalue weighted by atomic mass is 10.1. The Bertz CT molecular complexity index is 904. The molecule has 1 unspecified atom stereocenters. The SMILES string of the molecule is NC(=O)c1cnc(N)c2cc(-c3ccc(S(=O)[O-])cc3)sc12. The van der Waals surface area contributed by atoms with Crippen LogP contribution in [0.5, 0.6) is 0 Å². The van der Waals surface area contributed by atoms with Gasteiger partial charge in [0, 0.05) is 21.4 Å². The molecule has 1 aromatic carbocycles. The predicted octanol–water partition coefficient (Wildman–Crippen LogP) is 1.88. The van der Waals surface area contributed by atoms with Crippen LogP contribution in [0, 0.1) is 0 Å². The molecule has 0 bridgehead atoms. The van der Waals surface area contributed by atoms with Gasteiger partial charge in [-0.2, -0.15) is 0 Å². The number of amides is 1. The lowest BCUT2D eigenvalue weighted by molar-refractivity contribution is 0.100. The maximum Gasteiger partial charge on any atom is 0.251 e. The van der Waals surface area contributed by atoms with Gasteiger partial charge in [0.25, 0.3) is 5.91 Å². The van der Waals surface area contributed by atoms with Crippen LogP contribution < -0.4 is 11.5 Å². The summed E-state index contributed by atoms with van der Waals surface area (Å²) in [6.07, 6.45) is 1.37. The minimum Gasteiger partial charge on any atom is -0.768 e. The summed E-state index contributed by atoms with van der Waals surface area (Å²) in [5.74, 6) is -0.247. The van der Waals surface area contributed by atoms with Crippen molar-refractivity contribution < 1.29 is 13.6 Å². The zero-order chi connectivity index (χ0) is 15.9. The first-order valence-corrected chi connectivity index (χ1v) is 8.04. The largest absolute Gasteiger partial charge is 0.768 e. The van der Waals surface area contributed by atoms with Crippen molar-refractivity contribution in [3.8, 4) is 10.4 Å². The van der Waals surface area contributed by atoms with Crippen molar-refractivity contribution in [2.75, 3.05) is 5.73 Å². The Balaban J connectivity index is 2.16. The molecular formula is C14H10N3O3S2-. The molecule has 0 aliphatic carbocycles. The number of nitrogens with two attached hydrogens (primary N) is 2. The van der Waals surface area contributed by atoms with Gasteiger partial charge in [-0.15, -0.1) is 11.3 Å². The van der Waals surface area contributed by atoms with E-state index in [1.54, 1.807) is 12.1 Å². The Kier molecular flexibility index (Phi) is 3.65. The summed E-state index contributed by atoms with van der Waals surface area (Å²) < 4.78 is 22.4. The van der Waals surface area contributed by atoms with E-state index in [1.807, 2.05) is 6.07 Å². The van der Waals surface area contributed by atoms with Gasteiger partial charge in [-0.25, -0.2) is 4.98 Å². The minimum absolute atomic E-state index is 0.212. The van der Waals surface area contributed by atoms with E-state index in [1.165, 1.54) is 29.7 Å². The molecule has 0 saturated heterocycles. The third kappa shape index (κ3) is 2.47. The number of rotatable bonds is 3. The smallest absolute Gasteiger partial charge is 0.251 e. The van der Waals surface area contributed by atoms with Crippen molar-refractivity contribution in [2.24, 2.45) is 5.73 Å². The Morgan fingerprint density at radius 1 is 1.27 bits per heavy atom. The van der Waals surface area contributed by atoms with Crippen LogP contribution in [-0.4, -0.2) is 19.7 Å². The van der Waals surface area contributed by atoms with Crippen LogP contribution in [0.4, 0.5) is 5.82 Å². The number of benzene rings is 1. The topological polar surface area (TPSA) is 122 Å². The van der Waals surface area contributed by atoms with Crippen LogP contribution in [0.25, 0.3) is 20.5 Å². The van der Waals surface area contributed by atoms with Crippen molar-refractivity contribution in [3.63, 3.8) is 0 Å². The molecule has 0 aliphatic heterocycles. The first-order valence-electron chi connectivity index (χ1n) is 6.15. The fraction of sp³-hybridized carbons (Fsp3) is 0. The molecule has 3 aromatic rings. The molecule has 0 fully saturated rings. The van der Waals surface area contributed by atoms with Gasteiger partial charge >= 0.3 is 0 Å². The number of nitrogen functional groups attached to an aromatic ring is 1. The van der Waals surface area contributed by atoms with Gasteiger partial charge in [-0.05, 0) is 34.8 Å². The molecule has 2 heterocycles. The van der Waals surface area contributed by atoms with E-state index in [2.05, 4.69) is 4.98 Å². The molecule has 1 atom stereocenters. The summed E-state index contributed by atoms with van der Waals surface area (Å²) >= 11 is -0.901. The molecule has 1 amide bonds. The van der Waals surface area contributed by atoms with Crippen LogP contribution in [-0.2, 0) is 11.1 Å². The van der Waals surface area contributed by atoms with Gasteiger partial charge in [0.1, 0.15) is 5.82 Å². The number of primary amides is 1. The fourth-order valence-electron chi connectivity index (χ4n) is 2.09. The first kappa shape index (κ1) is 14.6. The van der Waals surface area contributed by atoms with Crippen LogP contribution in [0.1, 0.15) is 10.4 Å². The highest BCUT2D eigenvalue weighted by Gasteiger charge is 2.14. The van der Waals surface area contributed by atoms with Crippen molar-refractivity contribution >= 4 is 44.2 Å². The Hall–Kier alpha value is -2.29. The predicted molar refractivity (Wildman–Crippen MR) is 85.2 cm³/mol. The Morgan fingerprint density at radius 2 is 1.95 bits per heavy atom. The lowest BCUT2D eigenvalue weighted by Crippen LogP contribution is -2.11. The van der Waals surface area contributed by atoms with E-state index in [0.29, 0.717) is 21.5 Å². The van der Waals surface area contributed by atoms with Crippen LogP contribution >= 0.6 is 11.3 Å². The average Bonchev–Trinajstić information content (AvgIpc) is 2.93. The molecule has 4 N–H and O–H groups in total. The number of hydrogen-bond acceptors (Lipinski definition) is 6. The zero-order valence-corrected chi connectivity index (χ0v) is 12.7. The summed E-state index contributed by atoms with van der Waals surface area (Å²) in [4.78, 5) is 16.5. The minimum atomic E-state index is -2.26. The third-order valence-electron chi connectivity index (χ3n) is 3.18. The summed E-state index contributed by atoms with van der Waals surface area (Å²) in [6, 6.07) is 8.24. The van der Waals surface area contributed by atoms with E-state index in [-0.39, 0.29) is 4.90 Å². The highest BCUT2D eigenvalue weighted by atomic mass is 32.2. The van der Waals surface area contributed by atoms with Crippen molar-refractivity contribution in [3.05, 3.63) is 42.1 Å². The molecular weight excluding hydrogens is 322 g/mol. The summed E-state index contributed by atoms with van der Waals surface area (Å²) in [6.45, 7) is 0. The van der Waals surface area contributed by atoms with Gasteiger partial charge in [0.05, 0.1) is 10.3 Å².